The summed E-state index contributed by atoms with van der Waals surface area (Å²) >= 11 is 0. The van der Waals surface area contributed by atoms with Crippen molar-refractivity contribution in [2.45, 2.75) is 58.5 Å². The lowest BCUT2D eigenvalue weighted by atomic mass is 9.89. The summed E-state index contributed by atoms with van der Waals surface area (Å²) in [5.74, 6) is 0.637. The number of rotatable bonds is 8. The minimum Gasteiger partial charge on any atom is -0.396 e. The Morgan fingerprint density at radius 1 is 1.40 bits per heavy atom. The van der Waals surface area contributed by atoms with Crippen molar-refractivity contribution in [3.8, 4) is 0 Å². The van der Waals surface area contributed by atoms with Gasteiger partial charge in [0.05, 0.1) is 0 Å². The molecule has 0 aliphatic carbocycles. The van der Waals surface area contributed by atoms with E-state index in [4.69, 9.17) is 10.8 Å². The molecule has 0 saturated heterocycles. The molecular formula is C12H28N2O. The largest absolute Gasteiger partial charge is 0.396 e. The van der Waals surface area contributed by atoms with E-state index in [1.165, 1.54) is 0 Å². The summed E-state index contributed by atoms with van der Waals surface area (Å²) in [4.78, 5) is 0. The molecule has 0 radical (unpaired) electrons. The van der Waals surface area contributed by atoms with Gasteiger partial charge in [-0.15, -0.1) is 0 Å². The van der Waals surface area contributed by atoms with E-state index in [2.05, 4.69) is 33.0 Å². The summed E-state index contributed by atoms with van der Waals surface area (Å²) in [5.41, 5.74) is 5.83. The summed E-state index contributed by atoms with van der Waals surface area (Å²) in [7, 11) is 0. The summed E-state index contributed by atoms with van der Waals surface area (Å²) in [6.07, 6.45) is 2.92. The van der Waals surface area contributed by atoms with Gasteiger partial charge >= 0.3 is 0 Å². The lowest BCUT2D eigenvalue weighted by Gasteiger charge is -2.35. The van der Waals surface area contributed by atoms with Gasteiger partial charge in [0, 0.05) is 24.7 Å². The van der Waals surface area contributed by atoms with Crippen LogP contribution < -0.4 is 11.1 Å². The maximum Gasteiger partial charge on any atom is 0.0445 e. The molecule has 0 rings (SSSR count). The average molecular weight is 216 g/mol. The summed E-state index contributed by atoms with van der Waals surface area (Å²) in [6.45, 7) is 9.62. The van der Waals surface area contributed by atoms with Crippen LogP contribution in [0.2, 0.25) is 0 Å². The molecule has 0 bridgehead atoms. The van der Waals surface area contributed by atoms with Crippen LogP contribution in [0.25, 0.3) is 0 Å². The van der Waals surface area contributed by atoms with Gasteiger partial charge in [-0.3, -0.25) is 0 Å². The van der Waals surface area contributed by atoms with Crippen molar-refractivity contribution in [2.75, 3.05) is 13.2 Å². The molecule has 15 heavy (non-hydrogen) atoms. The van der Waals surface area contributed by atoms with Gasteiger partial charge in [-0.05, 0) is 32.1 Å². The second kappa shape index (κ2) is 7.20. The Hall–Kier alpha value is -0.120. The fourth-order valence-corrected chi connectivity index (χ4v) is 2.13. The van der Waals surface area contributed by atoms with Gasteiger partial charge in [-0.2, -0.15) is 0 Å². The number of aliphatic hydroxyl groups is 1. The van der Waals surface area contributed by atoms with Crippen LogP contribution in [0.1, 0.15) is 47.0 Å². The summed E-state index contributed by atoms with van der Waals surface area (Å²) < 4.78 is 0. The van der Waals surface area contributed by atoms with Crippen LogP contribution in [0.3, 0.4) is 0 Å². The highest BCUT2D eigenvalue weighted by Gasteiger charge is 2.25. The first-order chi connectivity index (χ1) is 6.97. The van der Waals surface area contributed by atoms with Crippen molar-refractivity contribution in [3.05, 3.63) is 0 Å². The second-order valence-electron chi connectivity index (χ2n) is 5.12. The SMILES string of the molecule is CCC(CCO)NC(C)(CN)CC(C)C. The fraction of sp³-hybridized carbons (Fsp3) is 1.00. The topological polar surface area (TPSA) is 58.3 Å². The van der Waals surface area contributed by atoms with Gasteiger partial charge in [0.2, 0.25) is 0 Å². The van der Waals surface area contributed by atoms with Crippen LogP contribution in [0.5, 0.6) is 0 Å². The number of hydrogen-bond acceptors (Lipinski definition) is 3. The monoisotopic (exact) mass is 216 g/mol. The van der Waals surface area contributed by atoms with Crippen LogP contribution in [-0.4, -0.2) is 29.8 Å². The first-order valence-electron chi connectivity index (χ1n) is 6.06. The predicted octanol–water partition coefficient (Wildman–Crippen LogP) is 1.50. The van der Waals surface area contributed by atoms with E-state index in [1.54, 1.807) is 0 Å². The highest BCUT2D eigenvalue weighted by atomic mass is 16.3. The zero-order valence-corrected chi connectivity index (χ0v) is 10.7. The maximum atomic E-state index is 8.95. The van der Waals surface area contributed by atoms with Crippen molar-refractivity contribution < 1.29 is 5.11 Å². The summed E-state index contributed by atoms with van der Waals surface area (Å²) in [5, 5.41) is 12.5. The Morgan fingerprint density at radius 2 is 2.00 bits per heavy atom. The number of nitrogens with one attached hydrogen (secondary N) is 1. The fourth-order valence-electron chi connectivity index (χ4n) is 2.13. The molecule has 3 nitrogen and oxygen atoms in total. The molecule has 0 amide bonds. The number of aliphatic hydroxyl groups excluding tert-OH is 1. The predicted molar refractivity (Wildman–Crippen MR) is 65.8 cm³/mol. The molecule has 0 aliphatic heterocycles. The third-order valence-electron chi connectivity index (χ3n) is 2.83. The van der Waals surface area contributed by atoms with Crippen molar-refractivity contribution in [1.29, 1.82) is 0 Å². The molecule has 2 atom stereocenters. The zero-order valence-electron chi connectivity index (χ0n) is 10.7. The van der Waals surface area contributed by atoms with E-state index in [-0.39, 0.29) is 12.1 Å². The van der Waals surface area contributed by atoms with Crippen LogP contribution >= 0.6 is 0 Å². The summed E-state index contributed by atoms with van der Waals surface area (Å²) in [6, 6.07) is 0.377. The van der Waals surface area contributed by atoms with Gasteiger partial charge in [0.15, 0.2) is 0 Å². The lowest BCUT2D eigenvalue weighted by Crippen LogP contribution is -2.53. The van der Waals surface area contributed by atoms with E-state index in [1.807, 2.05) is 0 Å². The van der Waals surface area contributed by atoms with E-state index < -0.39 is 0 Å². The van der Waals surface area contributed by atoms with Crippen LogP contribution in [0, 0.1) is 5.92 Å². The molecular weight excluding hydrogens is 188 g/mol. The van der Waals surface area contributed by atoms with Gasteiger partial charge in [0.25, 0.3) is 0 Å². The first-order valence-corrected chi connectivity index (χ1v) is 6.06. The quantitative estimate of drug-likeness (QED) is 0.576. The molecule has 4 N–H and O–H groups in total. The molecule has 3 heteroatoms. The first kappa shape index (κ1) is 14.9. The van der Waals surface area contributed by atoms with Crippen LogP contribution in [-0.2, 0) is 0 Å². The lowest BCUT2D eigenvalue weighted by molar-refractivity contribution is 0.217. The van der Waals surface area contributed by atoms with E-state index in [0.29, 0.717) is 18.5 Å². The molecule has 0 aromatic heterocycles. The second-order valence-corrected chi connectivity index (χ2v) is 5.12. The average Bonchev–Trinajstić information content (AvgIpc) is 2.16. The highest BCUT2D eigenvalue weighted by Crippen LogP contribution is 2.17. The molecule has 92 valence electrons. The maximum absolute atomic E-state index is 8.95. The Bertz CT molecular complexity index is 162. The minimum atomic E-state index is 0.00398. The van der Waals surface area contributed by atoms with Crippen LogP contribution in [0.15, 0.2) is 0 Å². The smallest absolute Gasteiger partial charge is 0.0445 e. The van der Waals surface area contributed by atoms with Crippen molar-refractivity contribution >= 4 is 0 Å². The van der Waals surface area contributed by atoms with Gasteiger partial charge < -0.3 is 16.2 Å². The molecule has 0 spiro atoms. The standard InChI is InChI=1S/C12H28N2O/c1-5-11(6-7-15)14-12(4,9-13)8-10(2)3/h10-11,14-15H,5-9,13H2,1-4H3. The molecule has 2 unspecified atom stereocenters. The van der Waals surface area contributed by atoms with Gasteiger partial charge in [-0.1, -0.05) is 20.8 Å². The Labute approximate surface area is 94.4 Å². The van der Waals surface area contributed by atoms with Crippen molar-refractivity contribution in [2.24, 2.45) is 11.7 Å². The van der Waals surface area contributed by atoms with Crippen LogP contribution in [0.4, 0.5) is 0 Å². The van der Waals surface area contributed by atoms with Gasteiger partial charge in [-0.25, -0.2) is 0 Å². The molecule has 0 aromatic rings. The third-order valence-corrected chi connectivity index (χ3v) is 2.83. The minimum absolute atomic E-state index is 0.00398. The third kappa shape index (κ3) is 6.13. The number of nitrogens with two attached hydrogens (primary N) is 1. The van der Waals surface area contributed by atoms with E-state index >= 15 is 0 Å². The molecule has 0 fully saturated rings. The number of hydrogen-bond donors (Lipinski definition) is 3. The Balaban J connectivity index is 4.25. The molecule has 0 saturated carbocycles. The van der Waals surface area contributed by atoms with Crippen molar-refractivity contribution in [3.63, 3.8) is 0 Å². The Morgan fingerprint density at radius 3 is 2.33 bits per heavy atom. The molecule has 0 aliphatic rings. The Kier molecular flexibility index (Phi) is 7.14. The molecule has 0 heterocycles. The molecule has 0 aromatic carbocycles. The van der Waals surface area contributed by atoms with Gasteiger partial charge in [0.1, 0.15) is 0 Å². The van der Waals surface area contributed by atoms with E-state index in [0.717, 1.165) is 19.3 Å². The van der Waals surface area contributed by atoms with E-state index in [9.17, 15) is 0 Å². The van der Waals surface area contributed by atoms with Crippen molar-refractivity contribution in [1.82, 2.24) is 5.32 Å². The highest BCUT2D eigenvalue weighted by molar-refractivity contribution is 4.88. The normalized spacial score (nSPS) is 17.8. The zero-order chi connectivity index (χ0) is 11.9.